The van der Waals surface area contributed by atoms with Gasteiger partial charge in [0.05, 0.1) is 14.2 Å². The molecule has 0 bridgehead atoms. The highest BCUT2D eigenvalue weighted by molar-refractivity contribution is 6.00. The third kappa shape index (κ3) is 3.81. The summed E-state index contributed by atoms with van der Waals surface area (Å²) in [5, 5.41) is 0. The fraction of sp³-hybridized carbons (Fsp3) is 0.300. The maximum absolute atomic E-state index is 12.8. The number of amides is 3. The second-order valence-corrected chi connectivity index (χ2v) is 6.18. The minimum absolute atomic E-state index is 0.0357. The van der Waals surface area contributed by atoms with E-state index in [2.05, 4.69) is 0 Å². The van der Waals surface area contributed by atoms with Gasteiger partial charge in [-0.25, -0.2) is 4.79 Å². The van der Waals surface area contributed by atoms with Gasteiger partial charge in [-0.05, 0) is 24.3 Å². The summed E-state index contributed by atoms with van der Waals surface area (Å²) in [7, 11) is 4.83. The Kier molecular flexibility index (Phi) is 5.49. The highest BCUT2D eigenvalue weighted by Crippen LogP contribution is 2.32. The molecule has 0 spiro atoms. The summed E-state index contributed by atoms with van der Waals surface area (Å²) in [4.78, 5) is 30.1. The first-order chi connectivity index (χ1) is 13.0. The summed E-state index contributed by atoms with van der Waals surface area (Å²) in [5.41, 5.74) is 1.51. The topological polar surface area (TPSA) is 62.3 Å². The second-order valence-electron chi connectivity index (χ2n) is 6.18. The molecule has 0 unspecified atom stereocenters. The first-order valence-corrected chi connectivity index (χ1v) is 8.65. The molecule has 0 aliphatic carbocycles. The molecule has 0 aromatic heterocycles. The number of hydrogen-bond acceptors (Lipinski definition) is 4. The number of methoxy groups -OCH3 is 2. The Morgan fingerprint density at radius 1 is 1.04 bits per heavy atom. The average Bonchev–Trinajstić information content (AvgIpc) is 3.07. The van der Waals surface area contributed by atoms with Crippen molar-refractivity contribution in [3.63, 3.8) is 0 Å². The normalized spacial score (nSPS) is 13.7. The van der Waals surface area contributed by atoms with Crippen molar-refractivity contribution in [2.75, 3.05) is 50.7 Å². The number of anilines is 2. The Hall–Kier alpha value is -3.22. The van der Waals surface area contributed by atoms with Crippen LogP contribution in [-0.4, -0.2) is 57.7 Å². The number of urea groups is 1. The minimum Gasteiger partial charge on any atom is -0.493 e. The van der Waals surface area contributed by atoms with Crippen LogP contribution in [0.1, 0.15) is 0 Å². The second kappa shape index (κ2) is 7.99. The largest absolute Gasteiger partial charge is 0.493 e. The van der Waals surface area contributed by atoms with E-state index in [-0.39, 0.29) is 18.5 Å². The Labute approximate surface area is 158 Å². The standard InChI is InChI=1S/C20H23N3O4/c1-21(15-7-5-4-6-8-15)19(24)14-22-11-12-23(20(22)25)16-9-10-17(26-2)18(13-16)27-3/h4-10,13H,11-12,14H2,1-3H3. The molecule has 2 aromatic carbocycles. The van der Waals surface area contributed by atoms with E-state index in [0.29, 0.717) is 30.3 Å². The van der Waals surface area contributed by atoms with Crippen molar-refractivity contribution in [1.29, 1.82) is 0 Å². The minimum atomic E-state index is -0.197. The highest BCUT2D eigenvalue weighted by atomic mass is 16.5. The molecule has 1 aliphatic heterocycles. The quantitative estimate of drug-likeness (QED) is 0.785. The molecule has 0 atom stereocenters. The van der Waals surface area contributed by atoms with Crippen molar-refractivity contribution < 1.29 is 19.1 Å². The van der Waals surface area contributed by atoms with Gasteiger partial charge in [-0.3, -0.25) is 9.69 Å². The van der Waals surface area contributed by atoms with Crippen molar-refractivity contribution in [1.82, 2.24) is 4.90 Å². The zero-order valence-corrected chi connectivity index (χ0v) is 15.7. The number of carbonyl (C=O) groups is 2. The van der Waals surface area contributed by atoms with E-state index in [1.54, 1.807) is 54.2 Å². The lowest BCUT2D eigenvalue weighted by molar-refractivity contribution is -0.118. The van der Waals surface area contributed by atoms with Crippen molar-refractivity contribution in [3.05, 3.63) is 48.5 Å². The van der Waals surface area contributed by atoms with Crippen LogP contribution >= 0.6 is 0 Å². The first-order valence-electron chi connectivity index (χ1n) is 8.65. The van der Waals surface area contributed by atoms with Gasteiger partial charge in [0.15, 0.2) is 11.5 Å². The van der Waals surface area contributed by atoms with Gasteiger partial charge >= 0.3 is 6.03 Å². The smallest absolute Gasteiger partial charge is 0.325 e. The van der Waals surface area contributed by atoms with Gasteiger partial charge in [0.2, 0.25) is 5.91 Å². The van der Waals surface area contributed by atoms with E-state index in [4.69, 9.17) is 9.47 Å². The van der Waals surface area contributed by atoms with Crippen LogP contribution < -0.4 is 19.3 Å². The maximum Gasteiger partial charge on any atom is 0.325 e. The number of ether oxygens (including phenoxy) is 2. The summed E-state index contributed by atoms with van der Waals surface area (Å²) in [6.45, 7) is 1.03. The molecule has 0 saturated carbocycles. The zero-order valence-electron chi connectivity index (χ0n) is 15.7. The fourth-order valence-corrected chi connectivity index (χ4v) is 3.03. The molecule has 0 N–H and O–H groups in total. The number of rotatable bonds is 6. The molecule has 142 valence electrons. The van der Waals surface area contributed by atoms with Crippen LogP contribution in [0, 0.1) is 0 Å². The third-order valence-electron chi connectivity index (χ3n) is 4.62. The lowest BCUT2D eigenvalue weighted by Crippen LogP contribution is -2.40. The number of nitrogens with zero attached hydrogens (tertiary/aromatic N) is 3. The Morgan fingerprint density at radius 3 is 2.41 bits per heavy atom. The summed E-state index contributed by atoms with van der Waals surface area (Å²) in [6.07, 6.45) is 0. The van der Waals surface area contributed by atoms with E-state index in [1.807, 2.05) is 30.3 Å². The van der Waals surface area contributed by atoms with E-state index in [9.17, 15) is 9.59 Å². The molecule has 27 heavy (non-hydrogen) atoms. The van der Waals surface area contributed by atoms with Gasteiger partial charge in [-0.15, -0.1) is 0 Å². The zero-order chi connectivity index (χ0) is 19.4. The molecule has 1 fully saturated rings. The number of carbonyl (C=O) groups excluding carboxylic acids is 2. The molecule has 3 amide bonds. The molecule has 1 heterocycles. The van der Waals surface area contributed by atoms with Gasteiger partial charge in [0, 0.05) is 37.6 Å². The average molecular weight is 369 g/mol. The van der Waals surface area contributed by atoms with Gasteiger partial charge in [-0.1, -0.05) is 18.2 Å². The molecule has 7 nitrogen and oxygen atoms in total. The first kappa shape index (κ1) is 18.6. The molecule has 3 rings (SSSR count). The summed E-state index contributed by atoms with van der Waals surface area (Å²) in [5.74, 6) is 1.02. The molecular weight excluding hydrogens is 346 g/mol. The Balaban J connectivity index is 1.69. The lowest BCUT2D eigenvalue weighted by atomic mass is 10.2. The van der Waals surface area contributed by atoms with Gasteiger partial charge < -0.3 is 19.3 Å². The SMILES string of the molecule is COc1ccc(N2CCN(CC(=O)N(C)c3ccccc3)C2=O)cc1OC. The number of para-hydroxylation sites is 1. The van der Waals surface area contributed by atoms with E-state index in [0.717, 1.165) is 5.69 Å². The van der Waals surface area contributed by atoms with Crippen molar-refractivity contribution >= 4 is 23.3 Å². The van der Waals surface area contributed by atoms with Gasteiger partial charge in [-0.2, -0.15) is 0 Å². The van der Waals surface area contributed by atoms with Crippen LogP contribution in [0.15, 0.2) is 48.5 Å². The van der Waals surface area contributed by atoms with Crippen LogP contribution in [0.2, 0.25) is 0 Å². The fourth-order valence-electron chi connectivity index (χ4n) is 3.03. The van der Waals surface area contributed by atoms with Crippen molar-refractivity contribution in [2.45, 2.75) is 0 Å². The van der Waals surface area contributed by atoms with E-state index >= 15 is 0 Å². The Bertz CT molecular complexity index is 825. The highest BCUT2D eigenvalue weighted by Gasteiger charge is 2.32. The summed E-state index contributed by atoms with van der Waals surface area (Å²) >= 11 is 0. The predicted octanol–water partition coefficient (Wildman–Crippen LogP) is 2.61. The predicted molar refractivity (Wildman–Crippen MR) is 104 cm³/mol. The molecule has 7 heteroatoms. The van der Waals surface area contributed by atoms with Gasteiger partial charge in [0.1, 0.15) is 6.54 Å². The maximum atomic E-state index is 12.8. The molecular formula is C20H23N3O4. The van der Waals surface area contributed by atoms with Gasteiger partial charge in [0.25, 0.3) is 0 Å². The third-order valence-corrected chi connectivity index (χ3v) is 4.62. The summed E-state index contributed by atoms with van der Waals surface area (Å²) in [6, 6.07) is 14.5. The van der Waals surface area contributed by atoms with Crippen molar-refractivity contribution in [2.24, 2.45) is 0 Å². The van der Waals surface area contributed by atoms with E-state index in [1.165, 1.54) is 0 Å². The van der Waals surface area contributed by atoms with Crippen LogP contribution in [0.25, 0.3) is 0 Å². The molecule has 2 aromatic rings. The Morgan fingerprint density at radius 2 is 1.74 bits per heavy atom. The van der Waals surface area contributed by atoms with Crippen LogP contribution in [0.4, 0.5) is 16.2 Å². The van der Waals surface area contributed by atoms with E-state index < -0.39 is 0 Å². The molecule has 1 saturated heterocycles. The lowest BCUT2D eigenvalue weighted by Gasteiger charge is -2.22. The summed E-state index contributed by atoms with van der Waals surface area (Å²) < 4.78 is 10.5. The van der Waals surface area contributed by atoms with Crippen LogP contribution in [0.3, 0.4) is 0 Å². The molecule has 0 radical (unpaired) electrons. The van der Waals surface area contributed by atoms with Crippen LogP contribution in [0.5, 0.6) is 11.5 Å². The number of hydrogen-bond donors (Lipinski definition) is 0. The number of likely N-dealkylation sites (N-methyl/N-ethyl adjacent to an activating group) is 1. The van der Waals surface area contributed by atoms with Crippen molar-refractivity contribution in [3.8, 4) is 11.5 Å². The monoisotopic (exact) mass is 369 g/mol. The van der Waals surface area contributed by atoms with Crippen LogP contribution in [-0.2, 0) is 4.79 Å². The molecule has 1 aliphatic rings. The number of benzene rings is 2.